The highest BCUT2D eigenvalue weighted by Crippen LogP contribution is 2.13. The lowest BCUT2D eigenvalue weighted by molar-refractivity contribution is -0.116. The van der Waals surface area contributed by atoms with Gasteiger partial charge in [0.1, 0.15) is 0 Å². The maximum absolute atomic E-state index is 12.0. The van der Waals surface area contributed by atoms with Gasteiger partial charge in [-0.25, -0.2) is 0 Å². The Balaban J connectivity index is 1.77. The summed E-state index contributed by atoms with van der Waals surface area (Å²) in [4.78, 5) is 25.4. The quantitative estimate of drug-likeness (QED) is 0.725. The summed E-state index contributed by atoms with van der Waals surface area (Å²) in [5.74, 6) is -0.0179. The molecule has 0 aromatic heterocycles. The molecule has 1 amide bonds. The molecule has 0 aliphatic heterocycles. The van der Waals surface area contributed by atoms with E-state index < -0.39 is 0 Å². The molecule has 0 unspecified atom stereocenters. The lowest BCUT2D eigenvalue weighted by Crippen LogP contribution is -2.24. The molecule has 0 aliphatic rings. The van der Waals surface area contributed by atoms with Gasteiger partial charge in [-0.2, -0.15) is 0 Å². The third-order valence-electron chi connectivity index (χ3n) is 3.66. The zero-order valence-electron chi connectivity index (χ0n) is 13.9. The Labute approximate surface area is 151 Å². The van der Waals surface area contributed by atoms with E-state index in [0.29, 0.717) is 24.2 Å². The van der Waals surface area contributed by atoms with Gasteiger partial charge in [-0.15, -0.1) is 0 Å². The van der Waals surface area contributed by atoms with Gasteiger partial charge >= 0.3 is 0 Å². The van der Waals surface area contributed by atoms with Gasteiger partial charge in [0.15, 0.2) is 5.78 Å². The van der Waals surface area contributed by atoms with Gasteiger partial charge in [-0.1, -0.05) is 28.1 Å². The maximum atomic E-state index is 12.0. The van der Waals surface area contributed by atoms with Gasteiger partial charge < -0.3 is 10.2 Å². The van der Waals surface area contributed by atoms with Crippen LogP contribution in [0.15, 0.2) is 53.0 Å². The van der Waals surface area contributed by atoms with Gasteiger partial charge in [0.25, 0.3) is 0 Å². The monoisotopic (exact) mass is 388 g/mol. The number of nitrogens with one attached hydrogen (secondary N) is 1. The molecule has 24 heavy (non-hydrogen) atoms. The van der Waals surface area contributed by atoms with Crippen LogP contribution >= 0.6 is 15.9 Å². The first-order chi connectivity index (χ1) is 11.4. The molecule has 0 atom stereocenters. The fourth-order valence-corrected chi connectivity index (χ4v) is 2.55. The summed E-state index contributed by atoms with van der Waals surface area (Å²) < 4.78 is 1.06. The number of carbonyl (C=O) groups excluding carboxylic acids is 2. The van der Waals surface area contributed by atoms with Crippen molar-refractivity contribution in [2.24, 2.45) is 0 Å². The molecule has 2 aromatic rings. The van der Waals surface area contributed by atoms with Crippen LogP contribution in [0.5, 0.6) is 0 Å². The zero-order valence-corrected chi connectivity index (χ0v) is 15.5. The van der Waals surface area contributed by atoms with Gasteiger partial charge in [0.2, 0.25) is 5.91 Å². The SMILES string of the molecule is CC(=O)c1ccc(NC(=O)CCN(C)Cc2ccc(Br)cc2)cc1. The summed E-state index contributed by atoms with van der Waals surface area (Å²) >= 11 is 3.42. The van der Waals surface area contributed by atoms with Crippen LogP contribution in [0.2, 0.25) is 0 Å². The van der Waals surface area contributed by atoms with Gasteiger partial charge in [0, 0.05) is 35.2 Å². The van der Waals surface area contributed by atoms with E-state index in [1.54, 1.807) is 24.3 Å². The average molecular weight is 389 g/mol. The average Bonchev–Trinajstić information content (AvgIpc) is 2.55. The summed E-state index contributed by atoms with van der Waals surface area (Å²) in [6.07, 6.45) is 0.418. The molecule has 0 radical (unpaired) electrons. The minimum Gasteiger partial charge on any atom is -0.326 e. The van der Waals surface area contributed by atoms with Crippen LogP contribution in [-0.2, 0) is 11.3 Å². The van der Waals surface area contributed by atoms with Gasteiger partial charge in [0.05, 0.1) is 0 Å². The Kier molecular flexibility index (Phi) is 6.70. The largest absolute Gasteiger partial charge is 0.326 e. The molecule has 0 heterocycles. The molecule has 0 spiro atoms. The third-order valence-corrected chi connectivity index (χ3v) is 4.19. The van der Waals surface area contributed by atoms with E-state index in [-0.39, 0.29) is 11.7 Å². The van der Waals surface area contributed by atoms with Crippen molar-refractivity contribution in [3.8, 4) is 0 Å². The lowest BCUT2D eigenvalue weighted by atomic mass is 10.1. The fourth-order valence-electron chi connectivity index (χ4n) is 2.28. The molecule has 0 saturated carbocycles. The van der Waals surface area contributed by atoms with Crippen LogP contribution in [0.4, 0.5) is 5.69 Å². The first-order valence-electron chi connectivity index (χ1n) is 7.78. The molecular formula is C19H21BrN2O2. The van der Waals surface area contributed by atoms with Crippen LogP contribution in [0.1, 0.15) is 29.3 Å². The minimum atomic E-state index is -0.0340. The fraction of sp³-hybridized carbons (Fsp3) is 0.263. The topological polar surface area (TPSA) is 49.4 Å². The molecule has 4 nitrogen and oxygen atoms in total. The normalized spacial score (nSPS) is 10.7. The second-order valence-electron chi connectivity index (χ2n) is 5.80. The van der Waals surface area contributed by atoms with E-state index in [9.17, 15) is 9.59 Å². The molecule has 0 bridgehead atoms. The number of anilines is 1. The highest BCUT2D eigenvalue weighted by Gasteiger charge is 2.07. The smallest absolute Gasteiger partial charge is 0.225 e. The number of hydrogen-bond acceptors (Lipinski definition) is 3. The predicted octanol–water partition coefficient (Wildman–Crippen LogP) is 4.11. The predicted molar refractivity (Wildman–Crippen MR) is 100 cm³/mol. The Morgan fingerprint density at radius 1 is 1.04 bits per heavy atom. The zero-order chi connectivity index (χ0) is 17.5. The molecule has 126 valence electrons. The number of hydrogen-bond donors (Lipinski definition) is 1. The Bertz CT molecular complexity index is 696. The van der Waals surface area contributed by atoms with Crippen molar-refractivity contribution in [3.05, 3.63) is 64.1 Å². The van der Waals surface area contributed by atoms with Crippen LogP contribution in [0.3, 0.4) is 0 Å². The number of amides is 1. The van der Waals surface area contributed by atoms with Crippen LogP contribution < -0.4 is 5.32 Å². The lowest BCUT2D eigenvalue weighted by Gasteiger charge is -2.16. The highest BCUT2D eigenvalue weighted by atomic mass is 79.9. The number of ketones is 1. The standard InChI is InChI=1S/C19H21BrN2O2/c1-14(23)16-5-9-18(10-6-16)21-19(24)11-12-22(2)13-15-3-7-17(20)8-4-15/h3-10H,11-13H2,1-2H3,(H,21,24). The summed E-state index contributed by atoms with van der Waals surface area (Å²) in [5, 5.41) is 2.85. The van der Waals surface area contributed by atoms with Crippen molar-refractivity contribution in [2.75, 3.05) is 18.9 Å². The molecule has 5 heteroatoms. The second-order valence-corrected chi connectivity index (χ2v) is 6.71. The molecular weight excluding hydrogens is 368 g/mol. The Morgan fingerprint density at radius 2 is 1.67 bits per heavy atom. The number of rotatable bonds is 7. The second kappa shape index (κ2) is 8.76. The number of benzene rings is 2. The number of carbonyl (C=O) groups is 2. The van der Waals surface area contributed by atoms with Crippen molar-refractivity contribution in [1.82, 2.24) is 4.90 Å². The van der Waals surface area contributed by atoms with Crippen LogP contribution in [-0.4, -0.2) is 30.2 Å². The van der Waals surface area contributed by atoms with Crippen molar-refractivity contribution < 1.29 is 9.59 Å². The first-order valence-corrected chi connectivity index (χ1v) is 8.57. The number of halogens is 1. The molecule has 1 N–H and O–H groups in total. The highest BCUT2D eigenvalue weighted by molar-refractivity contribution is 9.10. The molecule has 2 rings (SSSR count). The van der Waals surface area contributed by atoms with E-state index >= 15 is 0 Å². The van der Waals surface area contributed by atoms with Crippen LogP contribution in [0.25, 0.3) is 0 Å². The summed E-state index contributed by atoms with van der Waals surface area (Å²) in [6.45, 7) is 3.00. The van der Waals surface area contributed by atoms with Crippen LogP contribution in [0, 0.1) is 0 Å². The van der Waals surface area contributed by atoms with Crippen molar-refractivity contribution >= 4 is 33.3 Å². The summed E-state index contributed by atoms with van der Waals surface area (Å²) in [6, 6.07) is 15.1. The Morgan fingerprint density at radius 3 is 2.25 bits per heavy atom. The Hall–Kier alpha value is -1.98. The minimum absolute atomic E-state index is 0.0162. The van der Waals surface area contributed by atoms with E-state index in [2.05, 4.69) is 38.3 Å². The summed E-state index contributed by atoms with van der Waals surface area (Å²) in [7, 11) is 2.00. The maximum Gasteiger partial charge on any atom is 0.225 e. The van der Waals surface area contributed by atoms with E-state index in [4.69, 9.17) is 0 Å². The molecule has 0 fully saturated rings. The molecule has 2 aromatic carbocycles. The van der Waals surface area contributed by atoms with Crippen molar-refractivity contribution in [2.45, 2.75) is 19.9 Å². The van der Waals surface area contributed by atoms with E-state index in [1.165, 1.54) is 12.5 Å². The van der Waals surface area contributed by atoms with Crippen molar-refractivity contribution in [3.63, 3.8) is 0 Å². The molecule has 0 aliphatic carbocycles. The van der Waals surface area contributed by atoms with Gasteiger partial charge in [-0.3, -0.25) is 9.59 Å². The third kappa shape index (κ3) is 5.91. The number of Topliss-reactive ketones (excluding diaryl/α,β-unsaturated/α-hetero) is 1. The van der Waals surface area contributed by atoms with Crippen molar-refractivity contribution in [1.29, 1.82) is 0 Å². The number of nitrogens with zero attached hydrogens (tertiary/aromatic N) is 1. The van der Waals surface area contributed by atoms with Gasteiger partial charge in [-0.05, 0) is 55.9 Å². The molecule has 0 saturated heterocycles. The summed E-state index contributed by atoms with van der Waals surface area (Å²) in [5.41, 5.74) is 2.56. The first kappa shape index (κ1) is 18.4. The van der Waals surface area contributed by atoms with E-state index in [1.807, 2.05) is 19.2 Å². The van der Waals surface area contributed by atoms with E-state index in [0.717, 1.165) is 11.0 Å².